The topological polar surface area (TPSA) is 98.7 Å². The zero-order valence-electron chi connectivity index (χ0n) is 7.95. The second-order valence-corrected chi connectivity index (χ2v) is 2.63. The largest absolute Gasteiger partial charge is 0.395 e. The number of rotatable bonds is 8. The van der Waals surface area contributed by atoms with E-state index in [0.29, 0.717) is 13.1 Å². The molecule has 0 atom stereocenters. The lowest BCUT2D eigenvalue weighted by Crippen LogP contribution is -2.34. The fourth-order valence-corrected chi connectivity index (χ4v) is 0.788. The Balaban J connectivity index is 3.47. The molecule has 4 N–H and O–H groups in total. The molecule has 0 aromatic carbocycles. The highest BCUT2D eigenvalue weighted by Gasteiger charge is 2.11. The Morgan fingerprint density at radius 3 is 2.21 bits per heavy atom. The number of amides is 1. The molecule has 6 heteroatoms. The maximum atomic E-state index is 11.0. The van der Waals surface area contributed by atoms with Crippen molar-refractivity contribution in [3.8, 4) is 0 Å². The number of Topliss-reactive ketones (excluding diaryl/α,β-unsaturated/α-hetero) is 1. The number of hydrogen-bond donors (Lipinski definition) is 4. The van der Waals surface area contributed by atoms with E-state index in [1.807, 2.05) is 0 Å². The second-order valence-electron chi connectivity index (χ2n) is 2.63. The summed E-state index contributed by atoms with van der Waals surface area (Å²) in [5, 5.41) is 21.8. The van der Waals surface area contributed by atoms with E-state index in [2.05, 4.69) is 10.6 Å². The fraction of sp³-hybridized carbons (Fsp3) is 0.750. The molecular formula is C8H16N2O4. The third-order valence-corrected chi connectivity index (χ3v) is 1.47. The monoisotopic (exact) mass is 204 g/mol. The van der Waals surface area contributed by atoms with Crippen molar-refractivity contribution >= 4 is 11.7 Å². The summed E-state index contributed by atoms with van der Waals surface area (Å²) in [5.41, 5.74) is 0. The highest BCUT2D eigenvalue weighted by Crippen LogP contribution is 1.81. The van der Waals surface area contributed by atoms with Gasteiger partial charge in [-0.05, 0) is 0 Å². The molecule has 0 spiro atoms. The standard InChI is InChI=1S/C8H16N2O4/c11-5-3-9-2-1-7(13)8(14)10-4-6-12/h9,11-12H,1-6H2,(H,10,14). The number of hydrogen-bond acceptors (Lipinski definition) is 5. The van der Waals surface area contributed by atoms with E-state index >= 15 is 0 Å². The predicted molar refractivity (Wildman–Crippen MR) is 49.7 cm³/mol. The van der Waals surface area contributed by atoms with Crippen molar-refractivity contribution in [2.75, 3.05) is 32.8 Å². The normalized spacial score (nSPS) is 9.86. The van der Waals surface area contributed by atoms with Gasteiger partial charge in [0.1, 0.15) is 0 Å². The summed E-state index contributed by atoms with van der Waals surface area (Å²) >= 11 is 0. The number of ketones is 1. The van der Waals surface area contributed by atoms with Crippen molar-refractivity contribution in [2.24, 2.45) is 0 Å². The van der Waals surface area contributed by atoms with Crippen LogP contribution in [0.4, 0.5) is 0 Å². The molecule has 0 heterocycles. The van der Waals surface area contributed by atoms with E-state index in [4.69, 9.17) is 10.2 Å². The van der Waals surface area contributed by atoms with Crippen LogP contribution < -0.4 is 10.6 Å². The van der Waals surface area contributed by atoms with Crippen LogP contribution in [0.25, 0.3) is 0 Å². The molecule has 0 saturated carbocycles. The van der Waals surface area contributed by atoms with Gasteiger partial charge in [0.05, 0.1) is 13.2 Å². The minimum Gasteiger partial charge on any atom is -0.395 e. The molecule has 1 amide bonds. The van der Waals surface area contributed by atoms with Crippen LogP contribution in [-0.4, -0.2) is 54.8 Å². The summed E-state index contributed by atoms with van der Waals surface area (Å²) in [6.07, 6.45) is 0.0945. The summed E-state index contributed by atoms with van der Waals surface area (Å²) in [6.45, 7) is 0.693. The van der Waals surface area contributed by atoms with Crippen LogP contribution in [0.3, 0.4) is 0 Å². The summed E-state index contributed by atoms with van der Waals surface area (Å²) in [4.78, 5) is 21.9. The molecule has 0 aromatic rings. The summed E-state index contributed by atoms with van der Waals surface area (Å²) in [7, 11) is 0. The van der Waals surface area contributed by atoms with Crippen LogP contribution >= 0.6 is 0 Å². The van der Waals surface area contributed by atoms with E-state index < -0.39 is 11.7 Å². The zero-order valence-corrected chi connectivity index (χ0v) is 7.95. The molecule has 82 valence electrons. The van der Waals surface area contributed by atoms with Gasteiger partial charge in [-0.3, -0.25) is 9.59 Å². The van der Waals surface area contributed by atoms with Crippen molar-refractivity contribution in [1.29, 1.82) is 0 Å². The molecule has 0 fully saturated rings. The molecule has 0 aliphatic heterocycles. The quantitative estimate of drug-likeness (QED) is 0.262. The van der Waals surface area contributed by atoms with Gasteiger partial charge in [-0.25, -0.2) is 0 Å². The molecule has 6 nitrogen and oxygen atoms in total. The number of aliphatic hydroxyl groups excluding tert-OH is 2. The van der Waals surface area contributed by atoms with Crippen LogP contribution in [0.15, 0.2) is 0 Å². The number of carbonyl (C=O) groups is 2. The minimum absolute atomic E-state index is 0.00486. The van der Waals surface area contributed by atoms with Crippen LogP contribution in [0.5, 0.6) is 0 Å². The van der Waals surface area contributed by atoms with Crippen LogP contribution in [0.2, 0.25) is 0 Å². The average Bonchev–Trinajstić information content (AvgIpc) is 2.20. The van der Waals surface area contributed by atoms with E-state index in [1.165, 1.54) is 0 Å². The van der Waals surface area contributed by atoms with Gasteiger partial charge in [0.25, 0.3) is 5.91 Å². The van der Waals surface area contributed by atoms with Crippen LogP contribution in [0, 0.1) is 0 Å². The summed E-state index contributed by atoms with van der Waals surface area (Å²) in [6, 6.07) is 0. The lowest BCUT2D eigenvalue weighted by molar-refractivity contribution is -0.137. The van der Waals surface area contributed by atoms with Crippen molar-refractivity contribution in [3.05, 3.63) is 0 Å². The molecule has 0 unspecified atom stereocenters. The van der Waals surface area contributed by atoms with Gasteiger partial charge in [0, 0.05) is 26.1 Å². The zero-order chi connectivity index (χ0) is 10.8. The number of carbonyl (C=O) groups excluding carboxylic acids is 2. The Labute approximate surface area is 82.3 Å². The first-order chi connectivity index (χ1) is 6.72. The van der Waals surface area contributed by atoms with E-state index in [9.17, 15) is 9.59 Å². The molecule has 0 saturated heterocycles. The maximum absolute atomic E-state index is 11.0. The molecule has 0 rings (SSSR count). The molecular weight excluding hydrogens is 188 g/mol. The van der Waals surface area contributed by atoms with Gasteiger partial charge in [0.2, 0.25) is 5.78 Å². The Bertz CT molecular complexity index is 184. The SMILES string of the molecule is O=C(CCNCCO)C(=O)NCCO. The van der Waals surface area contributed by atoms with Crippen molar-refractivity contribution in [2.45, 2.75) is 6.42 Å². The smallest absolute Gasteiger partial charge is 0.287 e. The van der Waals surface area contributed by atoms with Gasteiger partial charge in [0.15, 0.2) is 0 Å². The molecule has 0 aliphatic carbocycles. The third-order valence-electron chi connectivity index (χ3n) is 1.47. The minimum atomic E-state index is -0.676. The molecule has 0 bridgehead atoms. The van der Waals surface area contributed by atoms with Crippen molar-refractivity contribution in [1.82, 2.24) is 10.6 Å². The van der Waals surface area contributed by atoms with Gasteiger partial charge < -0.3 is 20.8 Å². The first-order valence-corrected chi connectivity index (χ1v) is 4.45. The van der Waals surface area contributed by atoms with Crippen LogP contribution in [0.1, 0.15) is 6.42 Å². The number of aliphatic hydroxyl groups is 2. The Morgan fingerprint density at radius 1 is 1.00 bits per heavy atom. The van der Waals surface area contributed by atoms with Gasteiger partial charge in [-0.1, -0.05) is 0 Å². The van der Waals surface area contributed by atoms with E-state index in [1.54, 1.807) is 0 Å². The maximum Gasteiger partial charge on any atom is 0.287 e. The first kappa shape index (κ1) is 13.0. The average molecular weight is 204 g/mol. The first-order valence-electron chi connectivity index (χ1n) is 4.45. The molecule has 14 heavy (non-hydrogen) atoms. The lowest BCUT2D eigenvalue weighted by Gasteiger charge is -2.02. The number of nitrogens with one attached hydrogen (secondary N) is 2. The highest BCUT2D eigenvalue weighted by atomic mass is 16.3. The Morgan fingerprint density at radius 2 is 1.64 bits per heavy atom. The van der Waals surface area contributed by atoms with Crippen molar-refractivity contribution in [3.63, 3.8) is 0 Å². The third kappa shape index (κ3) is 6.53. The predicted octanol–water partition coefficient (Wildman–Crippen LogP) is -2.36. The highest BCUT2D eigenvalue weighted by molar-refractivity contribution is 6.36. The summed E-state index contributed by atoms with van der Waals surface area (Å²) in [5.74, 6) is -1.20. The van der Waals surface area contributed by atoms with E-state index in [-0.39, 0.29) is 26.2 Å². The summed E-state index contributed by atoms with van der Waals surface area (Å²) < 4.78 is 0. The van der Waals surface area contributed by atoms with Gasteiger partial charge in [-0.2, -0.15) is 0 Å². The van der Waals surface area contributed by atoms with Crippen LogP contribution in [-0.2, 0) is 9.59 Å². The molecule has 0 aromatic heterocycles. The molecule has 0 aliphatic rings. The second kappa shape index (κ2) is 8.61. The Kier molecular flexibility index (Phi) is 8.01. The molecule has 0 radical (unpaired) electrons. The lowest BCUT2D eigenvalue weighted by atomic mass is 10.2. The van der Waals surface area contributed by atoms with Gasteiger partial charge in [-0.15, -0.1) is 0 Å². The van der Waals surface area contributed by atoms with Crippen molar-refractivity contribution < 1.29 is 19.8 Å². The van der Waals surface area contributed by atoms with E-state index in [0.717, 1.165) is 0 Å². The van der Waals surface area contributed by atoms with Gasteiger partial charge >= 0.3 is 0 Å². The fourth-order valence-electron chi connectivity index (χ4n) is 0.788. The Hall–Kier alpha value is -0.980.